The number of hydrogen-bond donors (Lipinski definition) is 2. The van der Waals surface area contributed by atoms with Gasteiger partial charge in [0.25, 0.3) is 0 Å². The molecule has 0 bridgehead atoms. The molecular formula is C25H29N3O3. The summed E-state index contributed by atoms with van der Waals surface area (Å²) in [6, 6.07) is 19.5. The summed E-state index contributed by atoms with van der Waals surface area (Å²) in [5.41, 5.74) is 1.80. The number of phenolic OH excluding ortho intramolecular Hbond substituents is 1. The summed E-state index contributed by atoms with van der Waals surface area (Å²) in [5.74, 6) is 1.11. The molecule has 0 aliphatic carbocycles. The quantitative estimate of drug-likeness (QED) is 0.615. The van der Waals surface area contributed by atoms with Crippen LogP contribution in [0.25, 0.3) is 10.9 Å². The molecule has 31 heavy (non-hydrogen) atoms. The number of piperidine rings is 1. The van der Waals surface area contributed by atoms with E-state index < -0.39 is 0 Å². The fourth-order valence-corrected chi connectivity index (χ4v) is 4.27. The first-order valence-corrected chi connectivity index (χ1v) is 10.9. The molecule has 4 rings (SSSR count). The van der Waals surface area contributed by atoms with E-state index in [0.29, 0.717) is 18.6 Å². The molecule has 0 spiro atoms. The van der Waals surface area contributed by atoms with Crippen LogP contribution in [0.5, 0.6) is 5.75 Å². The van der Waals surface area contributed by atoms with Crippen LogP contribution in [-0.4, -0.2) is 58.8 Å². The number of carbonyl (C=O) groups excluding carboxylic acids is 1. The van der Waals surface area contributed by atoms with Gasteiger partial charge in [-0.15, -0.1) is 0 Å². The summed E-state index contributed by atoms with van der Waals surface area (Å²) in [7, 11) is 0. The summed E-state index contributed by atoms with van der Waals surface area (Å²) in [5, 5.41) is 20.5. The lowest BCUT2D eigenvalue weighted by Gasteiger charge is -2.35. The lowest BCUT2D eigenvalue weighted by molar-refractivity contribution is -0.136. The van der Waals surface area contributed by atoms with Crippen LogP contribution in [0, 0.1) is 5.92 Å². The maximum atomic E-state index is 13.1. The Balaban J connectivity index is 1.37. The highest BCUT2D eigenvalue weighted by atomic mass is 16.3. The molecule has 1 aromatic heterocycles. The average Bonchev–Trinajstić information content (AvgIpc) is 2.82. The predicted molar refractivity (Wildman–Crippen MR) is 122 cm³/mol. The smallest absolute Gasteiger partial charge is 0.225 e. The van der Waals surface area contributed by atoms with Crippen LogP contribution in [0.15, 0.2) is 60.7 Å². The van der Waals surface area contributed by atoms with E-state index >= 15 is 0 Å². The van der Waals surface area contributed by atoms with Crippen LogP contribution < -0.4 is 4.90 Å². The molecule has 2 N–H and O–H groups in total. The highest BCUT2D eigenvalue weighted by molar-refractivity contribution is 5.85. The largest absolute Gasteiger partial charge is 0.506 e. The number of amides is 1. The van der Waals surface area contributed by atoms with Crippen molar-refractivity contribution >= 4 is 22.6 Å². The summed E-state index contributed by atoms with van der Waals surface area (Å²) < 4.78 is 0. The number of anilines is 1. The van der Waals surface area contributed by atoms with Crippen molar-refractivity contribution in [3.05, 3.63) is 66.2 Å². The van der Waals surface area contributed by atoms with Crippen molar-refractivity contribution < 1.29 is 15.0 Å². The fraction of sp³-hybridized carbons (Fsp3) is 0.360. The highest BCUT2D eigenvalue weighted by Crippen LogP contribution is 2.28. The minimum Gasteiger partial charge on any atom is -0.506 e. The molecule has 0 unspecified atom stereocenters. The third-order valence-electron chi connectivity index (χ3n) is 6.05. The van der Waals surface area contributed by atoms with Crippen LogP contribution in [-0.2, 0) is 11.2 Å². The zero-order valence-corrected chi connectivity index (χ0v) is 17.7. The Bertz CT molecular complexity index is 1020. The van der Waals surface area contributed by atoms with E-state index in [-0.39, 0.29) is 24.2 Å². The molecule has 2 aromatic carbocycles. The van der Waals surface area contributed by atoms with E-state index in [0.717, 1.165) is 43.6 Å². The Morgan fingerprint density at radius 1 is 1.00 bits per heavy atom. The highest BCUT2D eigenvalue weighted by Gasteiger charge is 2.29. The minimum absolute atomic E-state index is 0.0239. The molecule has 1 saturated heterocycles. The van der Waals surface area contributed by atoms with Gasteiger partial charge in [0.2, 0.25) is 5.91 Å². The zero-order chi connectivity index (χ0) is 21.6. The van der Waals surface area contributed by atoms with Gasteiger partial charge in [0.1, 0.15) is 17.1 Å². The number of aromatic nitrogens is 1. The third kappa shape index (κ3) is 4.97. The molecule has 6 heteroatoms. The topological polar surface area (TPSA) is 76.9 Å². The van der Waals surface area contributed by atoms with E-state index in [4.69, 9.17) is 0 Å². The molecule has 6 nitrogen and oxygen atoms in total. The van der Waals surface area contributed by atoms with Crippen LogP contribution in [0.3, 0.4) is 0 Å². The van der Waals surface area contributed by atoms with E-state index in [2.05, 4.69) is 22.0 Å². The molecular weight excluding hydrogens is 390 g/mol. The van der Waals surface area contributed by atoms with Gasteiger partial charge in [-0.05, 0) is 43.0 Å². The van der Waals surface area contributed by atoms with Crippen molar-refractivity contribution in [3.63, 3.8) is 0 Å². The normalized spacial score (nSPS) is 14.7. The molecule has 2 heterocycles. The van der Waals surface area contributed by atoms with Crippen molar-refractivity contribution in [1.82, 2.24) is 9.88 Å². The molecule has 0 saturated carbocycles. The molecule has 1 fully saturated rings. The third-order valence-corrected chi connectivity index (χ3v) is 6.05. The Labute approximate surface area is 182 Å². The summed E-state index contributed by atoms with van der Waals surface area (Å²) >= 11 is 0. The van der Waals surface area contributed by atoms with E-state index in [9.17, 15) is 15.0 Å². The Hall–Kier alpha value is -3.12. The van der Waals surface area contributed by atoms with Crippen LogP contribution in [0.4, 0.5) is 5.82 Å². The maximum absolute atomic E-state index is 13.1. The monoisotopic (exact) mass is 419 g/mol. The Morgan fingerprint density at radius 2 is 1.77 bits per heavy atom. The van der Waals surface area contributed by atoms with E-state index in [1.54, 1.807) is 11.0 Å². The maximum Gasteiger partial charge on any atom is 0.225 e. The number of hydrogen-bond acceptors (Lipinski definition) is 5. The number of aliphatic hydroxyl groups excluding tert-OH is 1. The van der Waals surface area contributed by atoms with Crippen molar-refractivity contribution in [1.29, 1.82) is 0 Å². The number of fused-ring (bicyclic) bond motifs is 1. The number of nitrogens with zero attached hydrogens (tertiary/aromatic N) is 3. The van der Waals surface area contributed by atoms with Crippen LogP contribution in [0.2, 0.25) is 0 Å². The van der Waals surface area contributed by atoms with Crippen molar-refractivity contribution in [2.75, 3.05) is 37.7 Å². The number of phenols is 1. The van der Waals surface area contributed by atoms with Crippen molar-refractivity contribution in [2.24, 2.45) is 5.92 Å². The second kappa shape index (κ2) is 9.79. The van der Waals surface area contributed by atoms with Gasteiger partial charge < -0.3 is 20.0 Å². The molecule has 1 amide bonds. The fourth-order valence-electron chi connectivity index (χ4n) is 4.27. The van der Waals surface area contributed by atoms with Gasteiger partial charge in [-0.1, -0.05) is 42.5 Å². The van der Waals surface area contributed by atoms with Gasteiger partial charge in [0.15, 0.2) is 0 Å². The standard InChI is InChI=1S/C25H29N3O3/c29-18-17-28(14-11-19-5-2-1-3-6-19)25(31)21-12-15-27(16-13-21)23-10-9-20-7-4-8-22(30)24(20)26-23/h1-10,21,29-30H,11-18H2. The number of aromatic hydroxyl groups is 1. The Morgan fingerprint density at radius 3 is 2.52 bits per heavy atom. The summed E-state index contributed by atoms with van der Waals surface area (Å²) in [6.45, 7) is 2.46. The van der Waals surface area contributed by atoms with Gasteiger partial charge in [0, 0.05) is 37.5 Å². The van der Waals surface area contributed by atoms with Gasteiger partial charge >= 0.3 is 0 Å². The first-order chi connectivity index (χ1) is 15.2. The van der Waals surface area contributed by atoms with Crippen molar-refractivity contribution in [3.8, 4) is 5.75 Å². The Kier molecular flexibility index (Phi) is 6.67. The zero-order valence-electron chi connectivity index (χ0n) is 17.7. The first kappa shape index (κ1) is 21.1. The lowest BCUT2D eigenvalue weighted by atomic mass is 9.95. The van der Waals surface area contributed by atoms with Crippen LogP contribution >= 0.6 is 0 Å². The predicted octanol–water partition coefficient (Wildman–Crippen LogP) is 3.22. The second-order valence-corrected chi connectivity index (χ2v) is 8.06. The molecule has 162 valence electrons. The summed E-state index contributed by atoms with van der Waals surface area (Å²) in [4.78, 5) is 21.7. The summed E-state index contributed by atoms with van der Waals surface area (Å²) in [6.07, 6.45) is 2.30. The van der Waals surface area contributed by atoms with Gasteiger partial charge in [-0.25, -0.2) is 4.98 Å². The van der Waals surface area contributed by atoms with E-state index in [1.165, 1.54) is 5.56 Å². The molecule has 3 aromatic rings. The van der Waals surface area contributed by atoms with Gasteiger partial charge in [-0.2, -0.15) is 0 Å². The minimum atomic E-state index is -0.0348. The number of carbonyl (C=O) groups is 1. The molecule has 1 aliphatic heterocycles. The number of aliphatic hydroxyl groups is 1. The molecule has 0 radical (unpaired) electrons. The number of benzene rings is 2. The molecule has 1 aliphatic rings. The molecule has 0 atom stereocenters. The van der Waals surface area contributed by atoms with Crippen molar-refractivity contribution in [2.45, 2.75) is 19.3 Å². The van der Waals surface area contributed by atoms with Crippen LogP contribution in [0.1, 0.15) is 18.4 Å². The number of pyridine rings is 1. The number of para-hydroxylation sites is 1. The van der Waals surface area contributed by atoms with Gasteiger partial charge in [-0.3, -0.25) is 4.79 Å². The SMILES string of the molecule is O=C(C1CCN(c2ccc3cccc(O)c3n2)CC1)N(CCO)CCc1ccccc1. The lowest BCUT2D eigenvalue weighted by Crippen LogP contribution is -2.44. The second-order valence-electron chi connectivity index (χ2n) is 8.06. The number of rotatable bonds is 7. The first-order valence-electron chi connectivity index (χ1n) is 10.9. The average molecular weight is 420 g/mol. The van der Waals surface area contributed by atoms with E-state index in [1.807, 2.05) is 42.5 Å². The van der Waals surface area contributed by atoms with Gasteiger partial charge in [0.05, 0.1) is 6.61 Å².